The Morgan fingerprint density at radius 1 is 1.32 bits per heavy atom. The molecule has 1 N–H and O–H groups in total. The molecule has 163 valence electrons. The minimum Gasteiger partial charge on any atom is -0.328 e. The normalized spacial score (nSPS) is 18.0. The maximum atomic E-state index is 14.2. The molecule has 1 radical (unpaired) electrons. The molecular formula is C23H26F2N5O. The molecule has 0 aliphatic carbocycles. The third kappa shape index (κ3) is 5.75. The van der Waals surface area contributed by atoms with Crippen LogP contribution in [0, 0.1) is 24.2 Å². The van der Waals surface area contributed by atoms with Gasteiger partial charge in [0.15, 0.2) is 0 Å². The first-order valence-corrected chi connectivity index (χ1v) is 10.3. The summed E-state index contributed by atoms with van der Waals surface area (Å²) in [6, 6.07) is 8.34. The molecule has 0 bridgehead atoms. The highest BCUT2D eigenvalue weighted by molar-refractivity contribution is 5.94. The van der Waals surface area contributed by atoms with E-state index < -0.39 is 18.4 Å². The zero-order valence-corrected chi connectivity index (χ0v) is 18.0. The molecule has 3 rings (SSSR count). The van der Waals surface area contributed by atoms with E-state index in [4.69, 9.17) is 5.26 Å². The molecule has 0 aromatic carbocycles. The SMILES string of the molecule is C[C](C)CC[C@@H]1CCC(F)(F)CN1C(=O)c1nc(Nc2cc(C#N)ccn2)ccc1C. The Morgan fingerprint density at radius 3 is 2.81 bits per heavy atom. The van der Waals surface area contributed by atoms with Gasteiger partial charge in [-0.3, -0.25) is 4.79 Å². The Morgan fingerprint density at radius 2 is 2.10 bits per heavy atom. The van der Waals surface area contributed by atoms with E-state index >= 15 is 0 Å². The lowest BCUT2D eigenvalue weighted by Crippen LogP contribution is -2.51. The summed E-state index contributed by atoms with van der Waals surface area (Å²) in [6.07, 6.45) is 3.00. The highest BCUT2D eigenvalue weighted by Crippen LogP contribution is 2.34. The zero-order valence-electron chi connectivity index (χ0n) is 18.0. The largest absolute Gasteiger partial charge is 0.328 e. The van der Waals surface area contributed by atoms with Gasteiger partial charge in [-0.2, -0.15) is 5.26 Å². The third-order valence-electron chi connectivity index (χ3n) is 5.37. The van der Waals surface area contributed by atoms with E-state index in [1.807, 2.05) is 19.9 Å². The van der Waals surface area contributed by atoms with Crippen molar-refractivity contribution < 1.29 is 13.6 Å². The molecule has 2 aromatic rings. The van der Waals surface area contributed by atoms with Gasteiger partial charge in [0.2, 0.25) is 0 Å². The first kappa shape index (κ1) is 22.6. The zero-order chi connectivity index (χ0) is 22.6. The predicted molar refractivity (Wildman–Crippen MR) is 114 cm³/mol. The fraction of sp³-hybridized carbons (Fsp3) is 0.435. The Kier molecular flexibility index (Phi) is 6.84. The number of likely N-dealkylation sites (tertiary alicyclic amines) is 1. The highest BCUT2D eigenvalue weighted by atomic mass is 19.3. The number of aryl methyl sites for hydroxylation is 1. The van der Waals surface area contributed by atoms with Gasteiger partial charge in [0, 0.05) is 18.7 Å². The van der Waals surface area contributed by atoms with Crippen LogP contribution >= 0.6 is 0 Å². The molecule has 8 heteroatoms. The number of amides is 1. The van der Waals surface area contributed by atoms with E-state index in [-0.39, 0.29) is 24.6 Å². The molecule has 1 aliphatic heterocycles. The summed E-state index contributed by atoms with van der Waals surface area (Å²) in [5.41, 5.74) is 1.18. The Hall–Kier alpha value is -3.08. The molecule has 1 aliphatic rings. The number of nitriles is 1. The van der Waals surface area contributed by atoms with Gasteiger partial charge in [-0.05, 0) is 55.9 Å². The van der Waals surface area contributed by atoms with E-state index in [1.54, 1.807) is 31.2 Å². The molecule has 1 fully saturated rings. The summed E-state index contributed by atoms with van der Waals surface area (Å²) >= 11 is 0. The summed E-state index contributed by atoms with van der Waals surface area (Å²) in [6.45, 7) is 5.14. The average Bonchev–Trinajstić information content (AvgIpc) is 2.73. The number of rotatable bonds is 6. The minimum atomic E-state index is -2.90. The van der Waals surface area contributed by atoms with Crippen LogP contribution in [-0.2, 0) is 0 Å². The van der Waals surface area contributed by atoms with Crippen molar-refractivity contribution in [1.29, 1.82) is 5.26 Å². The topological polar surface area (TPSA) is 81.9 Å². The number of piperidine rings is 1. The van der Waals surface area contributed by atoms with Crippen molar-refractivity contribution in [2.45, 2.75) is 58.4 Å². The smallest absolute Gasteiger partial charge is 0.273 e. The second kappa shape index (κ2) is 9.38. The molecule has 1 saturated heterocycles. The molecule has 2 aromatic heterocycles. The molecule has 1 atom stereocenters. The number of carbonyl (C=O) groups excluding carboxylic acids is 1. The molecular weight excluding hydrogens is 400 g/mol. The van der Waals surface area contributed by atoms with Gasteiger partial charge >= 0.3 is 0 Å². The maximum Gasteiger partial charge on any atom is 0.273 e. The lowest BCUT2D eigenvalue weighted by Gasteiger charge is -2.40. The van der Waals surface area contributed by atoms with Crippen LogP contribution in [0.5, 0.6) is 0 Å². The van der Waals surface area contributed by atoms with Gasteiger partial charge in [0.25, 0.3) is 11.8 Å². The Balaban J connectivity index is 1.86. The minimum absolute atomic E-state index is 0.140. The van der Waals surface area contributed by atoms with E-state index in [1.165, 1.54) is 17.0 Å². The molecule has 6 nitrogen and oxygen atoms in total. The standard InChI is InChI=1S/C23H26F2N5O/c1-15(2)4-6-18-8-10-23(24,25)14-30(18)22(31)21-16(3)5-7-19(29-21)28-20-12-17(13-26)9-11-27-20/h5,7,9,11-12,18H,4,6,8,10,14H2,1-3H3,(H,27,28,29)/t18-/m1/s1. The van der Waals surface area contributed by atoms with Crippen LogP contribution in [0.4, 0.5) is 20.4 Å². The Labute approximate surface area is 181 Å². The van der Waals surface area contributed by atoms with Crippen LogP contribution in [-0.4, -0.2) is 39.3 Å². The van der Waals surface area contributed by atoms with Crippen molar-refractivity contribution in [3.8, 4) is 6.07 Å². The number of aromatic nitrogens is 2. The number of hydrogen-bond donors (Lipinski definition) is 1. The lowest BCUT2D eigenvalue weighted by molar-refractivity contribution is -0.0732. The fourth-order valence-electron chi connectivity index (χ4n) is 3.63. The summed E-state index contributed by atoms with van der Waals surface area (Å²) < 4.78 is 28.4. The van der Waals surface area contributed by atoms with Gasteiger partial charge in [-0.15, -0.1) is 0 Å². The number of alkyl halides is 2. The van der Waals surface area contributed by atoms with Gasteiger partial charge in [-0.1, -0.05) is 19.9 Å². The molecule has 31 heavy (non-hydrogen) atoms. The van der Waals surface area contributed by atoms with E-state index in [0.29, 0.717) is 29.2 Å². The van der Waals surface area contributed by atoms with Crippen molar-refractivity contribution in [2.75, 3.05) is 11.9 Å². The third-order valence-corrected chi connectivity index (χ3v) is 5.37. The van der Waals surface area contributed by atoms with Crippen LogP contribution in [0.25, 0.3) is 0 Å². The molecule has 3 heterocycles. The Bertz CT molecular complexity index is 984. The van der Waals surface area contributed by atoms with Crippen molar-refractivity contribution in [3.05, 3.63) is 53.2 Å². The summed E-state index contributed by atoms with van der Waals surface area (Å²) in [4.78, 5) is 23.1. The van der Waals surface area contributed by atoms with Crippen molar-refractivity contribution >= 4 is 17.5 Å². The first-order chi connectivity index (χ1) is 14.7. The first-order valence-electron chi connectivity index (χ1n) is 10.3. The fourth-order valence-corrected chi connectivity index (χ4v) is 3.63. The molecule has 0 saturated carbocycles. The van der Waals surface area contributed by atoms with Crippen LogP contribution < -0.4 is 5.32 Å². The van der Waals surface area contributed by atoms with E-state index in [0.717, 1.165) is 6.42 Å². The van der Waals surface area contributed by atoms with E-state index in [2.05, 4.69) is 15.3 Å². The number of nitrogens with zero attached hydrogens (tertiary/aromatic N) is 4. The number of carbonyl (C=O) groups is 1. The van der Waals surface area contributed by atoms with Crippen molar-refractivity contribution in [3.63, 3.8) is 0 Å². The quantitative estimate of drug-likeness (QED) is 0.700. The maximum absolute atomic E-state index is 14.2. The molecule has 0 unspecified atom stereocenters. The second-order valence-corrected chi connectivity index (χ2v) is 8.26. The number of halogens is 2. The van der Waals surface area contributed by atoms with Crippen molar-refractivity contribution in [1.82, 2.24) is 14.9 Å². The van der Waals surface area contributed by atoms with Gasteiger partial charge in [0.1, 0.15) is 17.3 Å². The number of hydrogen-bond acceptors (Lipinski definition) is 5. The number of anilines is 2. The van der Waals surface area contributed by atoms with Crippen LogP contribution in [0.3, 0.4) is 0 Å². The van der Waals surface area contributed by atoms with Crippen molar-refractivity contribution in [2.24, 2.45) is 0 Å². The van der Waals surface area contributed by atoms with E-state index in [9.17, 15) is 13.6 Å². The predicted octanol–water partition coefficient (Wildman–Crippen LogP) is 5.03. The number of pyridine rings is 2. The lowest BCUT2D eigenvalue weighted by atomic mass is 9.92. The molecule has 0 spiro atoms. The number of nitrogens with one attached hydrogen (secondary N) is 1. The second-order valence-electron chi connectivity index (χ2n) is 8.26. The van der Waals surface area contributed by atoms with Crippen LogP contribution in [0.15, 0.2) is 30.5 Å². The summed E-state index contributed by atoms with van der Waals surface area (Å²) in [7, 11) is 0. The van der Waals surface area contributed by atoms with Crippen LogP contribution in [0.1, 0.15) is 61.1 Å². The van der Waals surface area contributed by atoms with Gasteiger partial charge in [0.05, 0.1) is 18.2 Å². The highest BCUT2D eigenvalue weighted by Gasteiger charge is 2.42. The monoisotopic (exact) mass is 426 g/mol. The van der Waals surface area contributed by atoms with Gasteiger partial charge < -0.3 is 10.2 Å². The van der Waals surface area contributed by atoms with Gasteiger partial charge in [-0.25, -0.2) is 18.7 Å². The van der Waals surface area contributed by atoms with Crippen LogP contribution in [0.2, 0.25) is 0 Å². The summed E-state index contributed by atoms with van der Waals surface area (Å²) in [5.74, 6) is -1.42. The summed E-state index contributed by atoms with van der Waals surface area (Å²) in [5, 5.41) is 12.0. The average molecular weight is 426 g/mol. The molecule has 1 amide bonds.